The van der Waals surface area contributed by atoms with Gasteiger partial charge >= 0.3 is 0 Å². The van der Waals surface area contributed by atoms with Crippen LogP contribution in [-0.2, 0) is 9.59 Å². The number of hydrogen-bond donors (Lipinski definition) is 2. The molecule has 0 rings (SSSR count). The van der Waals surface area contributed by atoms with Gasteiger partial charge in [-0.25, -0.2) is 0 Å². The number of nitrogens with one attached hydrogen (secondary N) is 2. The van der Waals surface area contributed by atoms with Crippen molar-refractivity contribution in [2.75, 3.05) is 0 Å². The Morgan fingerprint density at radius 3 is 2.14 bits per heavy atom. The summed E-state index contributed by atoms with van der Waals surface area (Å²) in [5.74, 6) is -0.0561. The molecule has 2 amide bonds. The molecule has 0 radical (unpaired) electrons. The first-order valence-corrected chi connectivity index (χ1v) is 7.56. The van der Waals surface area contributed by atoms with Gasteiger partial charge in [0.1, 0.15) is 0 Å². The maximum atomic E-state index is 11.9. The van der Waals surface area contributed by atoms with Crippen LogP contribution in [0.15, 0.2) is 36.2 Å². The second kappa shape index (κ2) is 7.97. The minimum absolute atomic E-state index is 0.0261. The molecule has 0 spiro atoms. The molecule has 4 nitrogen and oxygen atoms in total. The molecule has 0 aliphatic carbocycles. The van der Waals surface area contributed by atoms with Crippen molar-refractivity contribution in [1.82, 2.24) is 10.6 Å². The minimum Gasteiger partial charge on any atom is -0.333 e. The fourth-order valence-corrected chi connectivity index (χ4v) is 1.40. The van der Waals surface area contributed by atoms with E-state index in [0.717, 1.165) is 11.3 Å². The molecule has 0 aromatic heterocycles. The first kappa shape index (κ1) is 20.2. The van der Waals surface area contributed by atoms with Gasteiger partial charge < -0.3 is 10.6 Å². The van der Waals surface area contributed by atoms with Crippen LogP contribution in [0.4, 0.5) is 0 Å². The van der Waals surface area contributed by atoms with E-state index in [4.69, 9.17) is 0 Å². The van der Waals surface area contributed by atoms with Gasteiger partial charge in [0.2, 0.25) is 11.8 Å². The van der Waals surface area contributed by atoms with Crippen molar-refractivity contribution in [2.45, 2.75) is 54.9 Å². The molecule has 0 aromatic carbocycles. The first-order valence-electron chi connectivity index (χ1n) is 7.56. The van der Waals surface area contributed by atoms with Crippen LogP contribution in [0.25, 0.3) is 0 Å². The lowest BCUT2D eigenvalue weighted by Crippen LogP contribution is -2.33. The third kappa shape index (κ3) is 7.25. The van der Waals surface area contributed by atoms with Gasteiger partial charge in [-0.15, -0.1) is 0 Å². The Bertz CT molecular complexity index is 492. The van der Waals surface area contributed by atoms with E-state index in [9.17, 15) is 9.59 Å². The quantitative estimate of drug-likeness (QED) is 0.736. The molecule has 0 aromatic rings. The van der Waals surface area contributed by atoms with E-state index in [-0.39, 0.29) is 17.2 Å². The fourth-order valence-electron chi connectivity index (χ4n) is 1.40. The second-order valence-corrected chi connectivity index (χ2v) is 7.03. The summed E-state index contributed by atoms with van der Waals surface area (Å²) >= 11 is 0. The van der Waals surface area contributed by atoms with Crippen molar-refractivity contribution in [2.24, 2.45) is 10.8 Å². The van der Waals surface area contributed by atoms with Crippen LogP contribution in [0.2, 0.25) is 0 Å². The van der Waals surface area contributed by atoms with Crippen LogP contribution in [0.1, 0.15) is 54.9 Å². The summed E-state index contributed by atoms with van der Waals surface area (Å²) in [4.78, 5) is 23.2. The normalized spacial score (nSPS) is 13.1. The van der Waals surface area contributed by atoms with Gasteiger partial charge in [0, 0.05) is 29.1 Å². The topological polar surface area (TPSA) is 58.2 Å². The fraction of sp³-hybridized carbons (Fsp3) is 0.556. The standard InChI is InChI=1S/C18H30N2O2/c1-9-15(21)19-11-10-18(7,8)13(2)12-14(3)20-16(22)17(4,5)6/h10-12H,2,9H2,1,3-8H3,(H,19,21)(H,20,22)/b11-10+,14-12+. The van der Waals surface area contributed by atoms with Gasteiger partial charge in [0.05, 0.1) is 0 Å². The summed E-state index contributed by atoms with van der Waals surface area (Å²) in [6, 6.07) is 0. The molecule has 0 bridgehead atoms. The molecule has 0 saturated heterocycles. The molecule has 4 heteroatoms. The molecule has 22 heavy (non-hydrogen) atoms. The van der Waals surface area contributed by atoms with Gasteiger partial charge in [0.25, 0.3) is 0 Å². The van der Waals surface area contributed by atoms with Crippen LogP contribution in [0.5, 0.6) is 0 Å². The Morgan fingerprint density at radius 2 is 1.68 bits per heavy atom. The van der Waals surface area contributed by atoms with E-state index in [2.05, 4.69) is 17.2 Å². The maximum Gasteiger partial charge on any atom is 0.229 e. The Morgan fingerprint density at radius 1 is 1.14 bits per heavy atom. The van der Waals surface area contributed by atoms with Crippen LogP contribution in [0.3, 0.4) is 0 Å². The number of hydrogen-bond acceptors (Lipinski definition) is 2. The van der Waals surface area contributed by atoms with E-state index >= 15 is 0 Å². The number of amides is 2. The lowest BCUT2D eigenvalue weighted by Gasteiger charge is -2.23. The summed E-state index contributed by atoms with van der Waals surface area (Å²) in [7, 11) is 0. The van der Waals surface area contributed by atoms with E-state index < -0.39 is 5.41 Å². The SMILES string of the molecule is C=C(/C=C(\C)NC(=O)C(C)(C)C)C(C)(C)/C=C/NC(=O)CC. The van der Waals surface area contributed by atoms with Crippen LogP contribution in [0, 0.1) is 10.8 Å². The molecule has 0 aliphatic rings. The average molecular weight is 306 g/mol. The number of carbonyl (C=O) groups excluding carboxylic acids is 2. The summed E-state index contributed by atoms with van der Waals surface area (Å²) in [6.45, 7) is 17.3. The molecule has 0 unspecified atom stereocenters. The van der Waals surface area contributed by atoms with Crippen molar-refractivity contribution in [3.63, 3.8) is 0 Å². The molecule has 0 heterocycles. The number of carbonyl (C=O) groups is 2. The number of allylic oxidation sites excluding steroid dienone is 4. The predicted octanol–water partition coefficient (Wildman–Crippen LogP) is 3.67. The lowest BCUT2D eigenvalue weighted by molar-refractivity contribution is -0.127. The lowest BCUT2D eigenvalue weighted by atomic mass is 9.84. The zero-order valence-electron chi connectivity index (χ0n) is 15.0. The summed E-state index contributed by atoms with van der Waals surface area (Å²) < 4.78 is 0. The van der Waals surface area contributed by atoms with E-state index in [0.29, 0.717) is 6.42 Å². The minimum atomic E-state index is -0.434. The number of rotatable bonds is 6. The van der Waals surface area contributed by atoms with E-state index in [1.165, 1.54) is 0 Å². The summed E-state index contributed by atoms with van der Waals surface area (Å²) in [5, 5.41) is 5.57. The average Bonchev–Trinajstić information content (AvgIpc) is 2.36. The highest BCUT2D eigenvalue weighted by atomic mass is 16.2. The van der Waals surface area contributed by atoms with E-state index in [1.54, 1.807) is 13.1 Å². The van der Waals surface area contributed by atoms with Crippen molar-refractivity contribution >= 4 is 11.8 Å². The molecular weight excluding hydrogens is 276 g/mol. The molecule has 0 atom stereocenters. The zero-order valence-corrected chi connectivity index (χ0v) is 15.0. The van der Waals surface area contributed by atoms with Gasteiger partial charge in [-0.05, 0) is 18.6 Å². The van der Waals surface area contributed by atoms with Gasteiger partial charge in [-0.1, -0.05) is 54.2 Å². The van der Waals surface area contributed by atoms with Crippen molar-refractivity contribution in [1.29, 1.82) is 0 Å². The molecule has 0 aliphatic heterocycles. The van der Waals surface area contributed by atoms with Crippen molar-refractivity contribution in [3.8, 4) is 0 Å². The van der Waals surface area contributed by atoms with Crippen LogP contribution < -0.4 is 10.6 Å². The summed E-state index contributed by atoms with van der Waals surface area (Å²) in [6.07, 6.45) is 5.84. The highest BCUT2D eigenvalue weighted by Crippen LogP contribution is 2.28. The summed E-state index contributed by atoms with van der Waals surface area (Å²) in [5.41, 5.74) is 0.843. The highest BCUT2D eigenvalue weighted by molar-refractivity contribution is 5.82. The molecule has 0 saturated carbocycles. The largest absolute Gasteiger partial charge is 0.333 e. The Kier molecular flexibility index (Phi) is 7.30. The first-order chi connectivity index (χ1) is 9.90. The third-order valence-corrected chi connectivity index (χ3v) is 3.28. The molecule has 0 fully saturated rings. The highest BCUT2D eigenvalue weighted by Gasteiger charge is 2.22. The molecular formula is C18H30N2O2. The van der Waals surface area contributed by atoms with Crippen LogP contribution >= 0.6 is 0 Å². The van der Waals surface area contributed by atoms with Gasteiger partial charge in [0.15, 0.2) is 0 Å². The Balaban J connectivity index is 4.83. The van der Waals surface area contributed by atoms with Crippen LogP contribution in [-0.4, -0.2) is 11.8 Å². The Labute approximate surface area is 134 Å². The molecule has 124 valence electrons. The van der Waals surface area contributed by atoms with Gasteiger partial charge in [-0.2, -0.15) is 0 Å². The van der Waals surface area contributed by atoms with Gasteiger partial charge in [-0.3, -0.25) is 9.59 Å². The van der Waals surface area contributed by atoms with Crippen molar-refractivity contribution in [3.05, 3.63) is 36.2 Å². The zero-order chi connectivity index (χ0) is 17.6. The smallest absolute Gasteiger partial charge is 0.229 e. The Hall–Kier alpha value is -1.84. The second-order valence-electron chi connectivity index (χ2n) is 7.03. The predicted molar refractivity (Wildman–Crippen MR) is 91.8 cm³/mol. The molecule has 2 N–H and O–H groups in total. The van der Waals surface area contributed by atoms with Crippen molar-refractivity contribution < 1.29 is 9.59 Å². The monoisotopic (exact) mass is 306 g/mol. The third-order valence-electron chi connectivity index (χ3n) is 3.28. The van der Waals surface area contributed by atoms with E-state index in [1.807, 2.05) is 53.7 Å². The maximum absolute atomic E-state index is 11.9.